The standard InChI is InChI=1S/C15H24N2O3S/c1-2-20-14-5-7-15(8-6-14)21(18,19)17-11-3-4-13(12-17)9-10-16/h5-8,13H,2-4,9-12,16H2,1H3. The molecule has 6 heteroatoms. The van der Waals surface area contributed by atoms with Gasteiger partial charge in [-0.05, 0) is 62.9 Å². The van der Waals surface area contributed by atoms with Crippen molar-refractivity contribution in [1.82, 2.24) is 4.31 Å². The van der Waals surface area contributed by atoms with Crippen molar-refractivity contribution in [2.24, 2.45) is 11.7 Å². The van der Waals surface area contributed by atoms with Crippen LogP contribution in [0.15, 0.2) is 29.2 Å². The Morgan fingerprint density at radius 2 is 2.05 bits per heavy atom. The number of hydrogen-bond donors (Lipinski definition) is 1. The Labute approximate surface area is 127 Å². The molecule has 2 N–H and O–H groups in total. The second-order valence-electron chi connectivity index (χ2n) is 5.35. The predicted octanol–water partition coefficient (Wildman–Crippen LogP) is 1.83. The second kappa shape index (κ2) is 7.24. The molecule has 0 aliphatic carbocycles. The van der Waals surface area contributed by atoms with Crippen LogP contribution < -0.4 is 10.5 Å². The molecule has 21 heavy (non-hydrogen) atoms. The smallest absolute Gasteiger partial charge is 0.243 e. The third-order valence-electron chi connectivity index (χ3n) is 3.83. The van der Waals surface area contributed by atoms with E-state index in [1.165, 1.54) is 0 Å². The van der Waals surface area contributed by atoms with E-state index >= 15 is 0 Å². The Kier molecular flexibility index (Phi) is 5.61. The Morgan fingerprint density at radius 3 is 2.67 bits per heavy atom. The summed E-state index contributed by atoms with van der Waals surface area (Å²) < 4.78 is 32.3. The van der Waals surface area contributed by atoms with Crippen LogP contribution in [0.4, 0.5) is 0 Å². The van der Waals surface area contributed by atoms with Crippen molar-refractivity contribution in [1.29, 1.82) is 0 Å². The summed E-state index contributed by atoms with van der Waals surface area (Å²) in [5.74, 6) is 1.07. The highest BCUT2D eigenvalue weighted by Gasteiger charge is 2.29. The third-order valence-corrected chi connectivity index (χ3v) is 5.71. The molecule has 2 rings (SSSR count). The highest BCUT2D eigenvalue weighted by atomic mass is 32.2. The first-order chi connectivity index (χ1) is 10.1. The van der Waals surface area contributed by atoms with E-state index in [-0.39, 0.29) is 0 Å². The van der Waals surface area contributed by atoms with Crippen molar-refractivity contribution in [2.45, 2.75) is 31.1 Å². The minimum atomic E-state index is -3.41. The van der Waals surface area contributed by atoms with Gasteiger partial charge in [0.25, 0.3) is 0 Å². The largest absolute Gasteiger partial charge is 0.494 e. The number of benzene rings is 1. The Morgan fingerprint density at radius 1 is 1.33 bits per heavy atom. The maximum Gasteiger partial charge on any atom is 0.243 e. The molecule has 0 bridgehead atoms. The number of nitrogens with two attached hydrogens (primary N) is 1. The maximum atomic E-state index is 12.7. The molecule has 5 nitrogen and oxygen atoms in total. The van der Waals surface area contributed by atoms with E-state index in [2.05, 4.69) is 0 Å². The van der Waals surface area contributed by atoms with Crippen LogP contribution in [0.3, 0.4) is 0 Å². The van der Waals surface area contributed by atoms with E-state index in [4.69, 9.17) is 10.5 Å². The second-order valence-corrected chi connectivity index (χ2v) is 7.29. The average Bonchev–Trinajstić information content (AvgIpc) is 2.49. The molecule has 0 saturated carbocycles. The Hall–Kier alpha value is -1.11. The summed E-state index contributed by atoms with van der Waals surface area (Å²) in [5.41, 5.74) is 5.59. The molecule has 1 fully saturated rings. The monoisotopic (exact) mass is 312 g/mol. The van der Waals surface area contributed by atoms with Crippen molar-refractivity contribution in [3.63, 3.8) is 0 Å². The molecule has 1 atom stereocenters. The van der Waals surface area contributed by atoms with Crippen molar-refractivity contribution >= 4 is 10.0 Å². The molecule has 0 aromatic heterocycles. The van der Waals surface area contributed by atoms with Gasteiger partial charge >= 0.3 is 0 Å². The topological polar surface area (TPSA) is 72.6 Å². The first-order valence-electron chi connectivity index (χ1n) is 7.51. The van der Waals surface area contributed by atoms with Gasteiger partial charge in [-0.25, -0.2) is 8.42 Å². The van der Waals surface area contributed by atoms with E-state index in [0.717, 1.165) is 19.3 Å². The average molecular weight is 312 g/mol. The summed E-state index contributed by atoms with van der Waals surface area (Å²) in [6.45, 7) is 4.25. The van der Waals surface area contributed by atoms with Crippen LogP contribution in [0.5, 0.6) is 5.75 Å². The lowest BCUT2D eigenvalue weighted by atomic mass is 9.96. The van der Waals surface area contributed by atoms with Gasteiger partial charge in [-0.3, -0.25) is 0 Å². The molecule has 1 aromatic carbocycles. The van der Waals surface area contributed by atoms with E-state index in [1.54, 1.807) is 28.6 Å². The van der Waals surface area contributed by atoms with Gasteiger partial charge in [0.1, 0.15) is 5.75 Å². The number of piperidine rings is 1. The quantitative estimate of drug-likeness (QED) is 0.870. The highest BCUT2D eigenvalue weighted by molar-refractivity contribution is 7.89. The molecule has 0 amide bonds. The summed E-state index contributed by atoms with van der Waals surface area (Å²) >= 11 is 0. The summed E-state index contributed by atoms with van der Waals surface area (Å²) in [4.78, 5) is 0.333. The zero-order valence-corrected chi connectivity index (χ0v) is 13.3. The Bertz CT molecular complexity index is 541. The summed E-state index contributed by atoms with van der Waals surface area (Å²) in [7, 11) is -3.41. The lowest BCUT2D eigenvalue weighted by Crippen LogP contribution is -2.40. The van der Waals surface area contributed by atoms with E-state index in [9.17, 15) is 8.42 Å². The van der Waals surface area contributed by atoms with E-state index < -0.39 is 10.0 Å². The lowest BCUT2D eigenvalue weighted by molar-refractivity contribution is 0.258. The van der Waals surface area contributed by atoms with Gasteiger partial charge in [-0.2, -0.15) is 4.31 Å². The fourth-order valence-corrected chi connectivity index (χ4v) is 4.29. The fourth-order valence-electron chi connectivity index (χ4n) is 2.74. The minimum absolute atomic E-state index is 0.333. The van der Waals surface area contributed by atoms with Gasteiger partial charge in [0.15, 0.2) is 0 Å². The van der Waals surface area contributed by atoms with Gasteiger partial charge in [0, 0.05) is 13.1 Å². The first kappa shape index (κ1) is 16.3. The number of sulfonamides is 1. The van der Waals surface area contributed by atoms with Crippen molar-refractivity contribution in [3.8, 4) is 5.75 Å². The molecule has 1 aliphatic heterocycles. The van der Waals surface area contributed by atoms with Crippen LogP contribution in [-0.2, 0) is 10.0 Å². The number of hydrogen-bond acceptors (Lipinski definition) is 4. The molecule has 1 aliphatic rings. The van der Waals surface area contributed by atoms with Crippen LogP contribution in [0.2, 0.25) is 0 Å². The SMILES string of the molecule is CCOc1ccc(S(=O)(=O)N2CCCC(CCN)C2)cc1. The summed E-state index contributed by atoms with van der Waals surface area (Å²) in [6.07, 6.45) is 2.85. The van der Waals surface area contributed by atoms with Gasteiger partial charge in [0.05, 0.1) is 11.5 Å². The predicted molar refractivity (Wildman–Crippen MR) is 82.8 cm³/mol. The molecule has 0 spiro atoms. The number of rotatable bonds is 6. The third kappa shape index (κ3) is 3.96. The Balaban J connectivity index is 2.13. The zero-order valence-electron chi connectivity index (χ0n) is 12.5. The van der Waals surface area contributed by atoms with Crippen LogP contribution in [0.25, 0.3) is 0 Å². The first-order valence-corrected chi connectivity index (χ1v) is 8.95. The van der Waals surface area contributed by atoms with Crippen LogP contribution in [0.1, 0.15) is 26.2 Å². The van der Waals surface area contributed by atoms with E-state index in [0.29, 0.717) is 42.8 Å². The van der Waals surface area contributed by atoms with Gasteiger partial charge in [-0.15, -0.1) is 0 Å². The summed E-state index contributed by atoms with van der Waals surface area (Å²) in [6, 6.07) is 6.65. The van der Waals surface area contributed by atoms with E-state index in [1.807, 2.05) is 6.92 Å². The van der Waals surface area contributed by atoms with Crippen LogP contribution in [-0.4, -0.2) is 39.0 Å². The normalized spacial score (nSPS) is 20.4. The number of ether oxygens (including phenoxy) is 1. The molecule has 1 aromatic rings. The molecule has 0 radical (unpaired) electrons. The minimum Gasteiger partial charge on any atom is -0.494 e. The highest BCUT2D eigenvalue weighted by Crippen LogP contribution is 2.26. The molecular formula is C15H24N2O3S. The molecule has 1 saturated heterocycles. The molecule has 1 heterocycles. The van der Waals surface area contributed by atoms with Crippen LogP contribution in [0, 0.1) is 5.92 Å². The number of nitrogens with zero attached hydrogens (tertiary/aromatic N) is 1. The van der Waals surface area contributed by atoms with Crippen molar-refractivity contribution in [2.75, 3.05) is 26.2 Å². The van der Waals surface area contributed by atoms with Gasteiger partial charge in [0.2, 0.25) is 10.0 Å². The van der Waals surface area contributed by atoms with Crippen LogP contribution >= 0.6 is 0 Å². The molecule has 118 valence electrons. The van der Waals surface area contributed by atoms with Crippen molar-refractivity contribution < 1.29 is 13.2 Å². The maximum absolute atomic E-state index is 12.7. The molecular weight excluding hydrogens is 288 g/mol. The summed E-state index contributed by atoms with van der Waals surface area (Å²) in [5, 5.41) is 0. The zero-order chi connectivity index (χ0) is 15.3. The van der Waals surface area contributed by atoms with Gasteiger partial charge < -0.3 is 10.5 Å². The molecule has 1 unspecified atom stereocenters. The van der Waals surface area contributed by atoms with Gasteiger partial charge in [-0.1, -0.05) is 0 Å². The van der Waals surface area contributed by atoms with Crippen molar-refractivity contribution in [3.05, 3.63) is 24.3 Å². The lowest BCUT2D eigenvalue weighted by Gasteiger charge is -2.31. The fraction of sp³-hybridized carbons (Fsp3) is 0.600.